The molecule has 0 aliphatic heterocycles. The summed E-state index contributed by atoms with van der Waals surface area (Å²) in [6.07, 6.45) is 0.892. The van der Waals surface area contributed by atoms with Gasteiger partial charge in [0.2, 0.25) is 8.32 Å². The van der Waals surface area contributed by atoms with Crippen LogP contribution in [0.4, 0.5) is 0 Å². The Morgan fingerprint density at radius 3 is 2.14 bits per heavy atom. The highest BCUT2D eigenvalue weighted by atomic mass is 32.1. The number of benzene rings is 1. The van der Waals surface area contributed by atoms with Crippen molar-refractivity contribution in [3.05, 3.63) is 41.3 Å². The van der Waals surface area contributed by atoms with Gasteiger partial charge in [0.15, 0.2) is 6.29 Å². The van der Waals surface area contributed by atoms with Crippen molar-refractivity contribution < 1.29 is 9.22 Å². The second-order valence-electron chi connectivity index (χ2n) is 6.71. The van der Waals surface area contributed by atoms with E-state index in [1.54, 1.807) is 0 Å². The molecule has 1 aromatic carbocycles. The third-order valence-corrected chi connectivity index (χ3v) is 9.48. The van der Waals surface area contributed by atoms with E-state index in [2.05, 4.69) is 46.0 Å². The zero-order chi connectivity index (χ0) is 15.7. The smallest absolute Gasteiger partial charge is 0.250 e. The second-order valence-corrected chi connectivity index (χ2v) is 12.5. The quantitative estimate of drug-likeness (QED) is 0.541. The molecular weight excluding hydrogens is 296 g/mol. The Kier molecular flexibility index (Phi) is 4.40. The summed E-state index contributed by atoms with van der Waals surface area (Å²) in [5, 5.41) is 0.193. The van der Waals surface area contributed by atoms with Gasteiger partial charge in [-0.2, -0.15) is 0 Å². The lowest BCUT2D eigenvalue weighted by Crippen LogP contribution is -2.43. The lowest BCUT2D eigenvalue weighted by atomic mass is 10.2. The maximum absolute atomic E-state index is 10.8. The summed E-state index contributed by atoms with van der Waals surface area (Å²) in [4.78, 5) is 12.6. The van der Waals surface area contributed by atoms with Gasteiger partial charge >= 0.3 is 0 Å². The van der Waals surface area contributed by atoms with E-state index in [4.69, 9.17) is 4.43 Å². The maximum Gasteiger partial charge on any atom is 0.250 e. The first kappa shape index (κ1) is 16.0. The Morgan fingerprint density at radius 1 is 1.05 bits per heavy atom. The Bertz CT molecular complexity index is 621. The third kappa shape index (κ3) is 3.63. The van der Waals surface area contributed by atoms with Crippen molar-refractivity contribution in [2.24, 2.45) is 0 Å². The van der Waals surface area contributed by atoms with E-state index in [1.807, 2.05) is 24.3 Å². The number of hydrogen-bond donors (Lipinski definition) is 0. The second kappa shape index (κ2) is 5.77. The van der Waals surface area contributed by atoms with Gasteiger partial charge in [0.1, 0.15) is 5.75 Å². The van der Waals surface area contributed by atoms with Crippen LogP contribution in [0.3, 0.4) is 0 Å². The molecule has 0 amide bonds. The van der Waals surface area contributed by atoms with E-state index < -0.39 is 8.32 Å². The average Bonchev–Trinajstić information content (AvgIpc) is 2.86. The van der Waals surface area contributed by atoms with Crippen LogP contribution < -0.4 is 4.43 Å². The number of rotatable bonds is 4. The number of thiophene rings is 1. The van der Waals surface area contributed by atoms with E-state index in [9.17, 15) is 4.79 Å². The van der Waals surface area contributed by atoms with Crippen LogP contribution in [0.15, 0.2) is 36.4 Å². The zero-order valence-electron chi connectivity index (χ0n) is 13.3. The van der Waals surface area contributed by atoms with Gasteiger partial charge in [-0.05, 0) is 60.1 Å². The summed E-state index contributed by atoms with van der Waals surface area (Å²) >= 11 is 1.51. The van der Waals surface area contributed by atoms with Crippen LogP contribution >= 0.6 is 11.3 Å². The summed E-state index contributed by atoms with van der Waals surface area (Å²) < 4.78 is 6.27. The lowest BCUT2D eigenvalue weighted by molar-refractivity contribution is 0.112. The Balaban J connectivity index is 2.18. The minimum Gasteiger partial charge on any atom is -0.544 e. The number of carbonyl (C=O) groups is 1. The molecule has 0 aliphatic carbocycles. The molecule has 112 valence electrons. The molecule has 0 fully saturated rings. The Hall–Kier alpha value is -1.39. The monoisotopic (exact) mass is 318 g/mol. The molecule has 0 bridgehead atoms. The van der Waals surface area contributed by atoms with Crippen molar-refractivity contribution in [2.75, 3.05) is 0 Å². The first-order valence-electron chi connectivity index (χ1n) is 7.07. The molecule has 2 nitrogen and oxygen atoms in total. The van der Waals surface area contributed by atoms with Crippen LogP contribution in [0.25, 0.3) is 10.4 Å². The molecule has 21 heavy (non-hydrogen) atoms. The van der Waals surface area contributed by atoms with Crippen molar-refractivity contribution in [1.29, 1.82) is 0 Å². The van der Waals surface area contributed by atoms with Crippen LogP contribution in [0, 0.1) is 0 Å². The SMILES string of the molecule is CC(C)(C)[Si](C)(C)Oc1ccc(-c2ccc(C=O)s2)cc1. The van der Waals surface area contributed by atoms with Gasteiger partial charge in [-0.3, -0.25) is 4.79 Å². The number of hydrogen-bond acceptors (Lipinski definition) is 3. The molecule has 2 aromatic rings. The molecule has 0 saturated heterocycles. The standard InChI is InChI=1S/C17H22O2SSi/c1-17(2,3)21(4,5)19-14-8-6-13(7-9-14)16-11-10-15(12-18)20-16/h6-12H,1-5H3. The number of aldehydes is 1. The molecule has 0 radical (unpaired) electrons. The average molecular weight is 319 g/mol. The fraction of sp³-hybridized carbons (Fsp3) is 0.353. The highest BCUT2D eigenvalue weighted by Crippen LogP contribution is 2.38. The molecule has 0 N–H and O–H groups in total. The molecule has 0 unspecified atom stereocenters. The van der Waals surface area contributed by atoms with Crippen molar-refractivity contribution in [3.63, 3.8) is 0 Å². The molecule has 0 aliphatic rings. The van der Waals surface area contributed by atoms with E-state index >= 15 is 0 Å². The first-order valence-corrected chi connectivity index (χ1v) is 10.8. The van der Waals surface area contributed by atoms with Crippen molar-refractivity contribution in [1.82, 2.24) is 0 Å². The molecule has 0 saturated carbocycles. The molecule has 1 heterocycles. The summed E-state index contributed by atoms with van der Waals surface area (Å²) in [6, 6.07) is 12.0. The van der Waals surface area contributed by atoms with Crippen LogP contribution in [0.1, 0.15) is 30.4 Å². The summed E-state index contributed by atoms with van der Waals surface area (Å²) in [5.74, 6) is 0.928. The first-order chi connectivity index (χ1) is 9.73. The molecule has 1 aromatic heterocycles. The van der Waals surface area contributed by atoms with Crippen molar-refractivity contribution >= 4 is 25.9 Å². The fourth-order valence-electron chi connectivity index (χ4n) is 1.71. The topological polar surface area (TPSA) is 26.3 Å². The summed E-state index contributed by atoms with van der Waals surface area (Å²) in [7, 11) is -1.79. The highest BCUT2D eigenvalue weighted by Gasteiger charge is 2.38. The van der Waals surface area contributed by atoms with Crippen LogP contribution in [-0.2, 0) is 0 Å². The normalized spacial score (nSPS) is 12.2. The predicted molar refractivity (Wildman–Crippen MR) is 93.0 cm³/mol. The Morgan fingerprint density at radius 2 is 1.67 bits per heavy atom. The van der Waals surface area contributed by atoms with E-state index in [-0.39, 0.29) is 5.04 Å². The van der Waals surface area contributed by atoms with Crippen LogP contribution in [-0.4, -0.2) is 14.6 Å². The third-order valence-electron chi connectivity index (χ3n) is 4.06. The minimum atomic E-state index is -1.79. The minimum absolute atomic E-state index is 0.193. The number of carbonyl (C=O) groups excluding carboxylic acids is 1. The highest BCUT2D eigenvalue weighted by molar-refractivity contribution is 7.17. The van der Waals surface area contributed by atoms with Gasteiger partial charge < -0.3 is 4.43 Å². The predicted octanol–water partition coefficient (Wildman–Crippen LogP) is 5.61. The van der Waals surface area contributed by atoms with E-state index in [0.29, 0.717) is 0 Å². The van der Waals surface area contributed by atoms with Crippen molar-refractivity contribution in [3.8, 4) is 16.2 Å². The molecule has 0 spiro atoms. The summed E-state index contributed by atoms with van der Waals surface area (Å²) in [5.41, 5.74) is 1.12. The van der Waals surface area contributed by atoms with Gasteiger partial charge in [0, 0.05) is 4.88 Å². The maximum atomic E-state index is 10.8. The lowest BCUT2D eigenvalue weighted by Gasteiger charge is -2.36. The van der Waals surface area contributed by atoms with Crippen LogP contribution in [0.2, 0.25) is 18.1 Å². The van der Waals surface area contributed by atoms with Gasteiger partial charge in [0.25, 0.3) is 0 Å². The Labute approximate surface area is 131 Å². The molecular formula is C17H22O2SSi. The van der Waals surface area contributed by atoms with E-state index in [1.165, 1.54) is 11.3 Å². The van der Waals surface area contributed by atoms with Crippen LogP contribution in [0.5, 0.6) is 5.75 Å². The van der Waals surface area contributed by atoms with Crippen molar-refractivity contribution in [2.45, 2.75) is 38.9 Å². The van der Waals surface area contributed by atoms with Gasteiger partial charge in [0.05, 0.1) is 4.88 Å². The fourth-order valence-corrected chi connectivity index (χ4v) is 3.57. The van der Waals surface area contributed by atoms with Gasteiger partial charge in [-0.25, -0.2) is 0 Å². The zero-order valence-corrected chi connectivity index (χ0v) is 15.1. The van der Waals surface area contributed by atoms with Gasteiger partial charge in [-0.15, -0.1) is 11.3 Å². The van der Waals surface area contributed by atoms with E-state index in [0.717, 1.165) is 27.4 Å². The molecule has 0 atom stereocenters. The molecule has 2 rings (SSSR count). The van der Waals surface area contributed by atoms with Gasteiger partial charge in [-0.1, -0.05) is 20.8 Å². The summed E-state index contributed by atoms with van der Waals surface area (Å²) in [6.45, 7) is 11.2. The largest absolute Gasteiger partial charge is 0.544 e. The molecule has 4 heteroatoms.